The number of amides is 2. The molecule has 8 nitrogen and oxygen atoms in total. The molecule has 0 aromatic heterocycles. The van der Waals surface area contributed by atoms with E-state index in [-0.39, 0.29) is 64.6 Å². The minimum atomic E-state index is -3.07. The van der Waals surface area contributed by atoms with Crippen molar-refractivity contribution in [2.45, 2.75) is 63.1 Å². The van der Waals surface area contributed by atoms with Crippen LogP contribution in [0, 0.1) is 0 Å². The number of benzene rings is 2. The second-order valence-corrected chi connectivity index (χ2v) is 12.4. The third kappa shape index (κ3) is 7.63. The first-order valence-corrected chi connectivity index (χ1v) is 14.6. The van der Waals surface area contributed by atoms with Gasteiger partial charge in [-0.25, -0.2) is 4.79 Å². The predicted molar refractivity (Wildman–Crippen MR) is 139 cm³/mol. The minimum absolute atomic E-state index is 0. The second-order valence-electron chi connectivity index (χ2n) is 9.75. The van der Waals surface area contributed by atoms with Crippen LogP contribution in [0.4, 0.5) is 0 Å². The normalized spacial score (nSPS) is 20.4. The number of hydrogen-bond donors (Lipinski definition) is 2. The van der Waals surface area contributed by atoms with Crippen molar-refractivity contribution in [3.63, 3.8) is 0 Å². The largest absolute Gasteiger partial charge is 1.00 e. The Labute approximate surface area is 262 Å². The third-order valence-electron chi connectivity index (χ3n) is 7.00. The third-order valence-corrected chi connectivity index (χ3v) is 9.61. The summed E-state index contributed by atoms with van der Waals surface area (Å²) < 4.78 is 14.2. The van der Waals surface area contributed by atoms with Crippen LogP contribution < -0.4 is 56.5 Å². The summed E-state index contributed by atoms with van der Waals surface area (Å²) in [6, 6.07) is 16.9. The van der Waals surface area contributed by atoms with Gasteiger partial charge >= 0.3 is 57.4 Å². The standard InChI is InChI=1S/C27H34N3O5P.K.H/c1-20(25(31)29-16-8-14-23(29)26(32)30-17-9-15-24(30)27(33)34)28-36(35,18-21-10-4-2-5-11-21)19-22-12-6-3-7-13-22;;/h2-7,10-13,20,23-24H,8-9,14-19H2,1H3,(H,28,35)(H,33,34);;/q;+1;-1/t20-,23-,24-;;/m0../s1. The summed E-state index contributed by atoms with van der Waals surface area (Å²) in [5.74, 6) is -1.58. The molecule has 2 aromatic carbocycles. The summed E-state index contributed by atoms with van der Waals surface area (Å²) in [5.41, 5.74) is 1.85. The molecule has 37 heavy (non-hydrogen) atoms. The van der Waals surface area contributed by atoms with E-state index in [0.29, 0.717) is 51.1 Å². The Hall–Kier alpha value is -1.32. The van der Waals surface area contributed by atoms with Crippen molar-refractivity contribution in [2.24, 2.45) is 0 Å². The molecule has 2 saturated heterocycles. The van der Waals surface area contributed by atoms with Crippen molar-refractivity contribution in [3.8, 4) is 0 Å². The molecule has 0 unspecified atom stereocenters. The van der Waals surface area contributed by atoms with E-state index in [1.807, 2.05) is 60.7 Å². The number of carboxylic acids is 1. The van der Waals surface area contributed by atoms with Gasteiger partial charge in [-0.3, -0.25) is 14.7 Å². The SMILES string of the molecule is C[C@H](NP(=O)(Cc1ccccc1)Cc1ccccc1)C(=O)N1CCC[C@H]1C(=O)N1CCC[C@H]1C(=O)O.[H-].[K+]. The summed E-state index contributed by atoms with van der Waals surface area (Å²) in [6.45, 7) is 2.51. The van der Waals surface area contributed by atoms with Crippen molar-refractivity contribution in [3.05, 3.63) is 71.8 Å². The molecule has 0 aliphatic carbocycles. The average molecular weight is 552 g/mol. The molecule has 2 N–H and O–H groups in total. The molecule has 10 heteroatoms. The summed E-state index contributed by atoms with van der Waals surface area (Å²) in [6.07, 6.45) is 2.86. The Morgan fingerprint density at radius 3 is 1.92 bits per heavy atom. The van der Waals surface area contributed by atoms with Crippen molar-refractivity contribution >= 4 is 25.1 Å². The number of nitrogens with one attached hydrogen (secondary N) is 1. The van der Waals surface area contributed by atoms with Crippen LogP contribution in [0.5, 0.6) is 0 Å². The Kier molecular flexibility index (Phi) is 11.1. The van der Waals surface area contributed by atoms with Crippen LogP contribution >= 0.6 is 7.29 Å². The number of aliphatic carboxylic acids is 1. The first-order valence-electron chi connectivity index (χ1n) is 12.5. The summed E-state index contributed by atoms with van der Waals surface area (Å²) in [4.78, 5) is 41.3. The number of nitrogens with zero attached hydrogens (tertiary/aromatic N) is 2. The quantitative estimate of drug-likeness (QED) is 0.353. The van der Waals surface area contributed by atoms with Crippen molar-refractivity contribution in [1.82, 2.24) is 14.9 Å². The van der Waals surface area contributed by atoms with Crippen LogP contribution in [0.1, 0.15) is 45.2 Å². The molecule has 2 aliphatic rings. The van der Waals surface area contributed by atoms with Gasteiger partial charge in [0.1, 0.15) is 12.1 Å². The molecule has 0 spiro atoms. The Morgan fingerprint density at radius 2 is 1.41 bits per heavy atom. The molecule has 0 radical (unpaired) electrons. The van der Waals surface area contributed by atoms with Gasteiger partial charge in [0.05, 0.1) is 6.04 Å². The van der Waals surface area contributed by atoms with Crippen LogP contribution in [-0.2, 0) is 31.3 Å². The van der Waals surface area contributed by atoms with Gasteiger partial charge in [0.25, 0.3) is 0 Å². The summed E-state index contributed by atoms with van der Waals surface area (Å²) in [7, 11) is -3.07. The summed E-state index contributed by atoms with van der Waals surface area (Å²) in [5, 5.41) is 12.7. The summed E-state index contributed by atoms with van der Waals surface area (Å²) >= 11 is 0. The Bertz CT molecular complexity index is 1090. The molecular weight excluding hydrogens is 516 g/mol. The van der Waals surface area contributed by atoms with Gasteiger partial charge in [0.15, 0.2) is 7.29 Å². The minimum Gasteiger partial charge on any atom is -1.00 e. The Morgan fingerprint density at radius 1 is 0.919 bits per heavy atom. The number of carbonyl (C=O) groups is 3. The van der Waals surface area contributed by atoms with Gasteiger partial charge in [-0.05, 0) is 43.7 Å². The van der Waals surface area contributed by atoms with Crippen LogP contribution in [0.2, 0.25) is 0 Å². The van der Waals surface area contributed by atoms with Crippen molar-refractivity contribution in [2.75, 3.05) is 13.1 Å². The van der Waals surface area contributed by atoms with Gasteiger partial charge < -0.3 is 20.9 Å². The molecule has 2 amide bonds. The molecule has 3 atom stereocenters. The van der Waals surface area contributed by atoms with Gasteiger partial charge in [0.2, 0.25) is 11.8 Å². The fourth-order valence-electron chi connectivity index (χ4n) is 5.33. The number of rotatable bonds is 9. The van der Waals surface area contributed by atoms with Crippen LogP contribution in [0.3, 0.4) is 0 Å². The van der Waals surface area contributed by atoms with E-state index in [4.69, 9.17) is 0 Å². The maximum absolute atomic E-state index is 14.2. The van der Waals surface area contributed by atoms with Crippen LogP contribution in [-0.4, -0.2) is 63.9 Å². The van der Waals surface area contributed by atoms with E-state index < -0.39 is 31.4 Å². The number of likely N-dealkylation sites (tertiary alicyclic amines) is 2. The van der Waals surface area contributed by atoms with Gasteiger partial charge in [-0.15, -0.1) is 0 Å². The first kappa shape index (κ1) is 30.2. The van der Waals surface area contributed by atoms with Gasteiger partial charge in [-0.1, -0.05) is 60.7 Å². The molecule has 194 valence electrons. The number of hydrogen-bond acceptors (Lipinski definition) is 4. The zero-order valence-electron chi connectivity index (χ0n) is 22.6. The fourth-order valence-corrected chi connectivity index (χ4v) is 8.04. The Balaban J connectivity index is 0.00000253. The maximum Gasteiger partial charge on any atom is 1.00 e. The monoisotopic (exact) mass is 551 g/mol. The molecule has 2 aliphatic heterocycles. The van der Waals surface area contributed by atoms with E-state index in [1.54, 1.807) is 11.8 Å². The van der Waals surface area contributed by atoms with Gasteiger partial charge in [0, 0.05) is 25.4 Å². The zero-order valence-corrected chi connectivity index (χ0v) is 25.6. The molecule has 2 fully saturated rings. The fraction of sp³-hybridized carbons (Fsp3) is 0.444. The van der Waals surface area contributed by atoms with E-state index in [1.165, 1.54) is 4.90 Å². The smallest absolute Gasteiger partial charge is 1.00 e. The average Bonchev–Trinajstić information content (AvgIpc) is 3.54. The number of carbonyl (C=O) groups excluding carboxylic acids is 2. The topological polar surface area (TPSA) is 107 Å². The first-order chi connectivity index (χ1) is 17.3. The van der Waals surface area contributed by atoms with Crippen LogP contribution in [0.25, 0.3) is 0 Å². The van der Waals surface area contributed by atoms with E-state index in [2.05, 4.69) is 5.09 Å². The molecule has 4 rings (SSSR count). The maximum atomic E-state index is 14.2. The van der Waals surface area contributed by atoms with E-state index in [9.17, 15) is 24.1 Å². The number of carboxylic acid groups (broad SMARTS) is 1. The van der Waals surface area contributed by atoms with Crippen LogP contribution in [0.15, 0.2) is 60.7 Å². The molecule has 0 bridgehead atoms. The van der Waals surface area contributed by atoms with Crippen molar-refractivity contribution < 1.29 is 76.9 Å². The molecule has 0 saturated carbocycles. The molecule has 2 aromatic rings. The zero-order chi connectivity index (χ0) is 25.7. The molecule has 2 heterocycles. The second kappa shape index (κ2) is 13.6. The van der Waals surface area contributed by atoms with E-state index >= 15 is 0 Å². The van der Waals surface area contributed by atoms with Crippen molar-refractivity contribution in [1.29, 1.82) is 0 Å². The molecular formula is C27H35KN3O5P. The van der Waals surface area contributed by atoms with Gasteiger partial charge in [-0.2, -0.15) is 0 Å². The predicted octanol–water partition coefficient (Wildman–Crippen LogP) is 0.826. The van der Waals surface area contributed by atoms with E-state index in [0.717, 1.165) is 11.1 Å².